The smallest absolute Gasteiger partial charge is 0.343 e. The normalized spacial score (nSPS) is 11.2. The molecule has 178 valence electrons. The van der Waals surface area contributed by atoms with E-state index in [1.54, 1.807) is 30.3 Å². The van der Waals surface area contributed by atoms with E-state index in [-0.39, 0.29) is 0 Å². The van der Waals surface area contributed by atoms with Gasteiger partial charge in [0.05, 0.1) is 23.5 Å². The molecule has 5 aromatic rings. The van der Waals surface area contributed by atoms with Crippen LogP contribution < -0.4 is 9.47 Å². The first-order valence-corrected chi connectivity index (χ1v) is 12.1. The molecular formula is C31H26N2O3. The van der Waals surface area contributed by atoms with Gasteiger partial charge in [0.25, 0.3) is 0 Å². The molecule has 0 aliphatic carbocycles. The fourth-order valence-electron chi connectivity index (χ4n) is 3.96. The Morgan fingerprint density at radius 3 is 2.31 bits per heavy atom. The molecule has 0 N–H and O–H groups in total. The molecule has 0 radical (unpaired) electrons. The van der Waals surface area contributed by atoms with E-state index < -0.39 is 5.97 Å². The zero-order valence-electron chi connectivity index (χ0n) is 20.1. The molecule has 0 heterocycles. The van der Waals surface area contributed by atoms with Crippen molar-refractivity contribution >= 4 is 38.9 Å². The maximum Gasteiger partial charge on any atom is 0.343 e. The maximum atomic E-state index is 12.8. The molecule has 5 heteroatoms. The highest BCUT2D eigenvalue weighted by Gasteiger charge is 2.13. The van der Waals surface area contributed by atoms with Crippen molar-refractivity contribution in [2.45, 2.75) is 19.8 Å². The van der Waals surface area contributed by atoms with Crippen LogP contribution in [0.4, 0.5) is 11.4 Å². The minimum Gasteiger partial charge on any atom is -0.494 e. The molecule has 0 aliphatic heterocycles. The average molecular weight is 475 g/mol. The van der Waals surface area contributed by atoms with Crippen LogP contribution in [0.3, 0.4) is 0 Å². The first-order chi connectivity index (χ1) is 17.7. The van der Waals surface area contributed by atoms with Gasteiger partial charge in [-0.15, -0.1) is 5.11 Å². The van der Waals surface area contributed by atoms with Crippen molar-refractivity contribution in [3.05, 3.63) is 109 Å². The van der Waals surface area contributed by atoms with E-state index in [0.717, 1.165) is 45.8 Å². The van der Waals surface area contributed by atoms with Crippen molar-refractivity contribution in [3.8, 4) is 11.5 Å². The van der Waals surface area contributed by atoms with E-state index in [1.165, 1.54) is 0 Å². The largest absolute Gasteiger partial charge is 0.494 e. The number of rotatable bonds is 8. The molecule has 5 nitrogen and oxygen atoms in total. The predicted molar refractivity (Wildman–Crippen MR) is 144 cm³/mol. The molecular weight excluding hydrogens is 448 g/mol. The Hall–Kier alpha value is -4.51. The van der Waals surface area contributed by atoms with E-state index >= 15 is 0 Å². The van der Waals surface area contributed by atoms with Crippen molar-refractivity contribution in [1.82, 2.24) is 0 Å². The highest BCUT2D eigenvalue weighted by atomic mass is 16.5. The lowest BCUT2D eigenvalue weighted by atomic mass is 10.1. The quantitative estimate of drug-likeness (QED) is 0.0977. The van der Waals surface area contributed by atoms with Gasteiger partial charge in [-0.05, 0) is 65.7 Å². The number of azo groups is 1. The number of unbranched alkanes of at least 4 members (excludes halogenated alkanes) is 1. The number of carbonyl (C=O) groups is 1. The Morgan fingerprint density at radius 2 is 1.50 bits per heavy atom. The predicted octanol–water partition coefficient (Wildman–Crippen LogP) is 8.81. The summed E-state index contributed by atoms with van der Waals surface area (Å²) in [7, 11) is 0. The third-order valence-electron chi connectivity index (χ3n) is 5.93. The van der Waals surface area contributed by atoms with Gasteiger partial charge in [0.2, 0.25) is 0 Å². The zero-order chi connectivity index (χ0) is 24.7. The Kier molecular flexibility index (Phi) is 6.99. The molecule has 0 fully saturated rings. The lowest BCUT2D eigenvalue weighted by molar-refractivity contribution is 0.0737. The second kappa shape index (κ2) is 10.8. The Bertz CT molecular complexity index is 1540. The molecule has 0 aromatic heterocycles. The zero-order valence-corrected chi connectivity index (χ0v) is 20.1. The van der Waals surface area contributed by atoms with Gasteiger partial charge in [0, 0.05) is 10.8 Å². The fourth-order valence-corrected chi connectivity index (χ4v) is 3.96. The van der Waals surface area contributed by atoms with Crippen molar-refractivity contribution in [1.29, 1.82) is 0 Å². The van der Waals surface area contributed by atoms with Gasteiger partial charge in [-0.25, -0.2) is 4.79 Å². The van der Waals surface area contributed by atoms with Crippen LogP contribution in [0.5, 0.6) is 11.5 Å². The van der Waals surface area contributed by atoms with Gasteiger partial charge in [-0.1, -0.05) is 67.9 Å². The van der Waals surface area contributed by atoms with Gasteiger partial charge in [0.1, 0.15) is 11.5 Å². The SMILES string of the molecule is CCCCOc1ccc(C(=O)Oc2ccc(N=Nc3ccc4ccccc4c3)c3ccccc23)cc1. The van der Waals surface area contributed by atoms with E-state index in [1.807, 2.05) is 60.7 Å². The molecule has 0 amide bonds. The molecule has 0 spiro atoms. The van der Waals surface area contributed by atoms with Gasteiger partial charge in [-0.2, -0.15) is 5.11 Å². The Balaban J connectivity index is 1.36. The number of carbonyl (C=O) groups excluding carboxylic acids is 1. The average Bonchev–Trinajstić information content (AvgIpc) is 2.93. The molecule has 0 atom stereocenters. The van der Waals surface area contributed by atoms with Crippen LogP contribution in [0, 0.1) is 0 Å². The van der Waals surface area contributed by atoms with E-state index in [9.17, 15) is 4.79 Å². The van der Waals surface area contributed by atoms with E-state index in [0.29, 0.717) is 23.6 Å². The van der Waals surface area contributed by atoms with Crippen molar-refractivity contribution in [2.24, 2.45) is 10.2 Å². The number of esters is 1. The summed E-state index contributed by atoms with van der Waals surface area (Å²) in [6, 6.07) is 32.5. The van der Waals surface area contributed by atoms with Crippen LogP contribution in [-0.2, 0) is 0 Å². The summed E-state index contributed by atoms with van der Waals surface area (Å²) in [6.07, 6.45) is 2.07. The van der Waals surface area contributed by atoms with Crippen molar-refractivity contribution < 1.29 is 14.3 Å². The number of nitrogens with zero attached hydrogens (tertiary/aromatic N) is 2. The minimum absolute atomic E-state index is 0.425. The Morgan fingerprint density at radius 1 is 0.750 bits per heavy atom. The first kappa shape index (κ1) is 23.2. The van der Waals surface area contributed by atoms with Crippen LogP contribution in [0.25, 0.3) is 21.5 Å². The molecule has 5 aromatic carbocycles. The number of hydrogen-bond acceptors (Lipinski definition) is 5. The maximum absolute atomic E-state index is 12.8. The summed E-state index contributed by atoms with van der Waals surface area (Å²) in [5.74, 6) is 0.793. The van der Waals surface area contributed by atoms with Crippen LogP contribution >= 0.6 is 0 Å². The molecule has 0 saturated heterocycles. The second-order valence-corrected chi connectivity index (χ2v) is 8.48. The van der Waals surface area contributed by atoms with Crippen LogP contribution in [0.1, 0.15) is 30.1 Å². The number of ether oxygens (including phenoxy) is 2. The molecule has 0 unspecified atom stereocenters. The summed E-state index contributed by atoms with van der Waals surface area (Å²) < 4.78 is 11.4. The number of benzene rings is 5. The molecule has 5 rings (SSSR count). The van der Waals surface area contributed by atoms with E-state index in [2.05, 4.69) is 29.3 Å². The van der Waals surface area contributed by atoms with E-state index in [4.69, 9.17) is 9.47 Å². The molecule has 0 bridgehead atoms. The summed E-state index contributed by atoms with van der Waals surface area (Å²) in [6.45, 7) is 2.78. The van der Waals surface area contributed by atoms with Crippen LogP contribution in [0.2, 0.25) is 0 Å². The highest BCUT2D eigenvalue weighted by molar-refractivity contribution is 5.99. The summed E-state index contributed by atoms with van der Waals surface area (Å²) >= 11 is 0. The van der Waals surface area contributed by atoms with Gasteiger partial charge in [-0.3, -0.25) is 0 Å². The van der Waals surface area contributed by atoms with Crippen LogP contribution in [0.15, 0.2) is 113 Å². The van der Waals surface area contributed by atoms with Gasteiger partial charge >= 0.3 is 5.97 Å². The van der Waals surface area contributed by atoms with Crippen molar-refractivity contribution in [3.63, 3.8) is 0 Å². The van der Waals surface area contributed by atoms with Crippen molar-refractivity contribution in [2.75, 3.05) is 6.61 Å². The Labute approximate surface area is 210 Å². The molecule has 0 saturated carbocycles. The van der Waals surface area contributed by atoms with Gasteiger partial charge in [0.15, 0.2) is 0 Å². The second-order valence-electron chi connectivity index (χ2n) is 8.48. The monoisotopic (exact) mass is 474 g/mol. The fraction of sp³-hybridized carbons (Fsp3) is 0.129. The van der Waals surface area contributed by atoms with Gasteiger partial charge < -0.3 is 9.47 Å². The molecule has 0 aliphatic rings. The third kappa shape index (κ3) is 5.26. The summed E-state index contributed by atoms with van der Waals surface area (Å²) in [5, 5.41) is 12.9. The standard InChI is InChI=1S/C31H26N2O3/c1-2-3-20-35-26-16-13-23(14-17-26)31(34)36-30-19-18-29(27-10-6-7-11-28(27)30)33-32-25-15-12-22-8-4-5-9-24(22)21-25/h4-19,21H,2-3,20H2,1H3. The highest BCUT2D eigenvalue weighted by Crippen LogP contribution is 2.35. The minimum atomic E-state index is -0.425. The third-order valence-corrected chi connectivity index (χ3v) is 5.93. The lowest BCUT2D eigenvalue weighted by Gasteiger charge is -2.10. The summed E-state index contributed by atoms with van der Waals surface area (Å²) in [4.78, 5) is 12.8. The topological polar surface area (TPSA) is 60.2 Å². The van der Waals surface area contributed by atoms with Crippen LogP contribution in [-0.4, -0.2) is 12.6 Å². The number of fused-ring (bicyclic) bond motifs is 2. The lowest BCUT2D eigenvalue weighted by Crippen LogP contribution is -2.08. The molecule has 36 heavy (non-hydrogen) atoms. The number of hydrogen-bond donors (Lipinski definition) is 0. The summed E-state index contributed by atoms with van der Waals surface area (Å²) in [5.41, 5.74) is 1.93. The first-order valence-electron chi connectivity index (χ1n) is 12.1.